The maximum absolute atomic E-state index is 5.49. The molecule has 2 aliphatic heterocycles. The van der Waals surface area contributed by atoms with Crippen LogP contribution in [0.1, 0.15) is 23.7 Å². The fraction of sp³-hybridized carbons (Fsp3) is 0.833. The van der Waals surface area contributed by atoms with Crippen molar-refractivity contribution in [2.45, 2.75) is 18.0 Å². The molecule has 2 aliphatic rings. The fourth-order valence-corrected chi connectivity index (χ4v) is 3.78. The predicted octanol–water partition coefficient (Wildman–Crippen LogP) is 0.491. The van der Waals surface area contributed by atoms with E-state index in [1.165, 1.54) is 5.75 Å². The summed E-state index contributed by atoms with van der Waals surface area (Å²) in [7, 11) is 4.06. The highest BCUT2D eigenvalue weighted by molar-refractivity contribution is 7.99. The van der Waals surface area contributed by atoms with Gasteiger partial charge in [0, 0.05) is 24.1 Å². The number of hydrogen-bond donors (Lipinski definition) is 1. The molecule has 106 valence electrons. The number of thioether (sulfide) groups is 1. The Bertz CT molecular complexity index is 411. The Morgan fingerprint density at radius 1 is 1.42 bits per heavy atom. The summed E-state index contributed by atoms with van der Waals surface area (Å²) in [5.41, 5.74) is 0. The van der Waals surface area contributed by atoms with E-state index in [1.54, 1.807) is 0 Å². The molecule has 3 heterocycles. The highest BCUT2D eigenvalue weighted by Crippen LogP contribution is 2.29. The summed E-state index contributed by atoms with van der Waals surface area (Å²) in [6.45, 7) is 2.44. The normalized spacial score (nSPS) is 32.8. The molecule has 0 bridgehead atoms. The number of ether oxygens (including phenoxy) is 1. The first-order valence-electron chi connectivity index (χ1n) is 6.66. The highest BCUT2D eigenvalue weighted by Gasteiger charge is 2.34. The lowest BCUT2D eigenvalue weighted by atomic mass is 10.0. The first kappa shape index (κ1) is 13.4. The number of nitrogens with zero attached hydrogens (tertiary/aromatic N) is 3. The Morgan fingerprint density at radius 3 is 3.11 bits per heavy atom. The molecule has 3 rings (SSSR count). The van der Waals surface area contributed by atoms with E-state index < -0.39 is 0 Å². The van der Waals surface area contributed by atoms with E-state index in [4.69, 9.17) is 9.26 Å². The molecule has 7 heteroatoms. The van der Waals surface area contributed by atoms with E-state index in [9.17, 15) is 0 Å². The Labute approximate surface area is 117 Å². The zero-order valence-corrected chi connectivity index (χ0v) is 12.2. The molecule has 0 aliphatic carbocycles. The lowest BCUT2D eigenvalue weighted by Crippen LogP contribution is -2.33. The van der Waals surface area contributed by atoms with Crippen LogP contribution in [0, 0.1) is 0 Å². The third-order valence-corrected chi connectivity index (χ3v) is 4.94. The van der Waals surface area contributed by atoms with Crippen molar-refractivity contribution in [2.75, 3.05) is 45.4 Å². The summed E-state index contributed by atoms with van der Waals surface area (Å²) in [6.07, 6.45) is 0. The highest BCUT2D eigenvalue weighted by atomic mass is 32.2. The van der Waals surface area contributed by atoms with Crippen molar-refractivity contribution in [1.82, 2.24) is 20.4 Å². The van der Waals surface area contributed by atoms with Gasteiger partial charge in [-0.3, -0.25) is 4.90 Å². The van der Waals surface area contributed by atoms with E-state index in [1.807, 2.05) is 18.8 Å². The minimum Gasteiger partial charge on any atom is -0.379 e. The van der Waals surface area contributed by atoms with Crippen molar-refractivity contribution in [3.8, 4) is 0 Å². The minimum atomic E-state index is 0.174. The summed E-state index contributed by atoms with van der Waals surface area (Å²) in [5.74, 6) is 3.90. The van der Waals surface area contributed by atoms with Crippen molar-refractivity contribution >= 4 is 11.8 Å². The Hall–Kier alpha value is -0.630. The summed E-state index contributed by atoms with van der Waals surface area (Å²) < 4.78 is 11.0. The van der Waals surface area contributed by atoms with Gasteiger partial charge in [0.1, 0.15) is 0 Å². The molecule has 1 aromatic rings. The number of aromatic nitrogens is 2. The van der Waals surface area contributed by atoms with Crippen molar-refractivity contribution in [3.05, 3.63) is 11.7 Å². The maximum atomic E-state index is 5.49. The number of nitrogens with one attached hydrogen (secondary N) is 1. The fourth-order valence-electron chi connectivity index (χ4n) is 2.57. The quantitative estimate of drug-likeness (QED) is 0.866. The first-order valence-corrected chi connectivity index (χ1v) is 7.81. The number of likely N-dealkylation sites (N-methyl/N-ethyl adjacent to an activating group) is 1. The van der Waals surface area contributed by atoms with Crippen LogP contribution in [0.2, 0.25) is 0 Å². The van der Waals surface area contributed by atoms with Crippen LogP contribution in [0.25, 0.3) is 0 Å². The van der Waals surface area contributed by atoms with Crippen molar-refractivity contribution in [3.63, 3.8) is 0 Å². The maximum Gasteiger partial charge on any atom is 0.233 e. The molecule has 6 nitrogen and oxygen atoms in total. The molecule has 0 aromatic carbocycles. The zero-order chi connectivity index (χ0) is 13.2. The Kier molecular flexibility index (Phi) is 4.07. The summed E-state index contributed by atoms with van der Waals surface area (Å²) in [5, 5.41) is 7.42. The van der Waals surface area contributed by atoms with Gasteiger partial charge < -0.3 is 14.6 Å². The van der Waals surface area contributed by atoms with Gasteiger partial charge in [0.25, 0.3) is 0 Å². The molecule has 1 aromatic heterocycles. The number of hydrogen-bond acceptors (Lipinski definition) is 7. The van der Waals surface area contributed by atoms with E-state index >= 15 is 0 Å². The molecule has 0 amide bonds. The number of rotatable bonds is 3. The summed E-state index contributed by atoms with van der Waals surface area (Å²) >= 11 is 1.95. The monoisotopic (exact) mass is 284 g/mol. The Balaban J connectivity index is 1.75. The molecule has 1 N–H and O–H groups in total. The van der Waals surface area contributed by atoms with Crippen molar-refractivity contribution < 1.29 is 9.26 Å². The van der Waals surface area contributed by atoms with Gasteiger partial charge in [-0.2, -0.15) is 16.7 Å². The van der Waals surface area contributed by atoms with Crippen LogP contribution in [0.5, 0.6) is 0 Å². The molecule has 0 saturated carbocycles. The molecule has 19 heavy (non-hydrogen) atoms. The van der Waals surface area contributed by atoms with Gasteiger partial charge in [-0.1, -0.05) is 5.16 Å². The third-order valence-electron chi connectivity index (χ3n) is 3.92. The van der Waals surface area contributed by atoms with Gasteiger partial charge in [-0.15, -0.1) is 0 Å². The van der Waals surface area contributed by atoms with Gasteiger partial charge in [0.15, 0.2) is 5.82 Å². The van der Waals surface area contributed by atoms with Gasteiger partial charge in [-0.25, -0.2) is 0 Å². The van der Waals surface area contributed by atoms with Crippen molar-refractivity contribution in [2.24, 2.45) is 0 Å². The molecular weight excluding hydrogens is 264 g/mol. The zero-order valence-electron chi connectivity index (χ0n) is 11.3. The standard InChI is InChI=1S/C12H20N4O2S/c1-13-9-6-17-5-8(9)12-14-11(15-18-12)10-7-19-4-3-16(10)2/h8-10,13H,3-7H2,1-2H3. The second kappa shape index (κ2) is 5.78. The molecule has 2 saturated heterocycles. The van der Waals surface area contributed by atoms with Gasteiger partial charge in [0.05, 0.1) is 25.2 Å². The molecular formula is C12H20N4O2S. The van der Waals surface area contributed by atoms with Crippen molar-refractivity contribution in [1.29, 1.82) is 0 Å². The molecule has 3 atom stereocenters. The lowest BCUT2D eigenvalue weighted by molar-refractivity contribution is 0.185. The molecule has 3 unspecified atom stereocenters. The molecule has 0 spiro atoms. The van der Waals surface area contributed by atoms with Crippen LogP contribution < -0.4 is 5.32 Å². The van der Waals surface area contributed by atoms with Crippen LogP contribution in [-0.4, -0.2) is 66.4 Å². The average molecular weight is 284 g/mol. The van der Waals surface area contributed by atoms with Gasteiger partial charge >= 0.3 is 0 Å². The minimum absolute atomic E-state index is 0.174. The topological polar surface area (TPSA) is 63.4 Å². The van der Waals surface area contributed by atoms with E-state index in [-0.39, 0.29) is 18.0 Å². The van der Waals surface area contributed by atoms with E-state index in [0.717, 1.165) is 18.1 Å². The van der Waals surface area contributed by atoms with Crippen LogP contribution >= 0.6 is 11.8 Å². The summed E-state index contributed by atoms with van der Waals surface area (Å²) in [4.78, 5) is 6.91. The van der Waals surface area contributed by atoms with Gasteiger partial charge in [-0.05, 0) is 14.1 Å². The van der Waals surface area contributed by atoms with Gasteiger partial charge in [0.2, 0.25) is 5.89 Å². The predicted molar refractivity (Wildman–Crippen MR) is 73.4 cm³/mol. The first-order chi connectivity index (χ1) is 9.29. The third kappa shape index (κ3) is 2.65. The van der Waals surface area contributed by atoms with E-state index in [0.29, 0.717) is 19.1 Å². The second-order valence-corrected chi connectivity index (χ2v) is 6.25. The average Bonchev–Trinajstić information content (AvgIpc) is 3.07. The Morgan fingerprint density at radius 2 is 2.32 bits per heavy atom. The van der Waals surface area contributed by atoms with Crippen LogP contribution in [0.3, 0.4) is 0 Å². The summed E-state index contributed by atoms with van der Waals surface area (Å²) in [6, 6.07) is 0.540. The smallest absolute Gasteiger partial charge is 0.233 e. The molecule has 0 radical (unpaired) electrons. The van der Waals surface area contributed by atoms with E-state index in [2.05, 4.69) is 27.4 Å². The lowest BCUT2D eigenvalue weighted by Gasteiger charge is -2.29. The van der Waals surface area contributed by atoms with Crippen LogP contribution in [0.15, 0.2) is 4.52 Å². The largest absolute Gasteiger partial charge is 0.379 e. The van der Waals surface area contributed by atoms with Crippen LogP contribution in [0.4, 0.5) is 0 Å². The molecule has 2 fully saturated rings. The SMILES string of the molecule is CNC1COCC1c1nc(C2CSCCN2C)no1. The van der Waals surface area contributed by atoms with Crippen LogP contribution in [-0.2, 0) is 4.74 Å². The second-order valence-electron chi connectivity index (χ2n) is 5.10.